The van der Waals surface area contributed by atoms with Crippen LogP contribution in [0.4, 0.5) is 0 Å². The molecule has 0 aromatic carbocycles. The van der Waals surface area contributed by atoms with E-state index in [1.165, 1.54) is 0 Å². The molecule has 1 aliphatic heterocycles. The molecule has 21 heavy (non-hydrogen) atoms. The number of aromatic nitrogens is 1. The van der Waals surface area contributed by atoms with Gasteiger partial charge in [-0.2, -0.15) is 4.31 Å². The fourth-order valence-electron chi connectivity index (χ4n) is 2.80. The minimum Gasteiger partial charge on any atom is -0.313 e. The Morgan fingerprint density at radius 1 is 1.38 bits per heavy atom. The fraction of sp³-hybridized carbons (Fsp3) is 0.667. The van der Waals surface area contributed by atoms with E-state index in [1.54, 1.807) is 16.6 Å². The predicted molar refractivity (Wildman–Crippen MR) is 83.4 cm³/mol. The van der Waals surface area contributed by atoms with Crippen molar-refractivity contribution in [1.29, 1.82) is 0 Å². The van der Waals surface area contributed by atoms with E-state index in [2.05, 4.69) is 17.2 Å². The van der Waals surface area contributed by atoms with Crippen molar-refractivity contribution in [2.75, 3.05) is 13.1 Å². The molecule has 1 saturated heterocycles. The Balaban J connectivity index is 2.15. The molecular weight excluding hydrogens is 286 g/mol. The molecule has 2 rings (SSSR count). The second-order valence-corrected chi connectivity index (χ2v) is 7.72. The molecular formula is C15H25N3O2S. The number of piperidine rings is 1. The van der Waals surface area contributed by atoms with E-state index in [4.69, 9.17) is 0 Å². The summed E-state index contributed by atoms with van der Waals surface area (Å²) in [6, 6.07) is 3.49. The van der Waals surface area contributed by atoms with Crippen molar-refractivity contribution in [2.24, 2.45) is 5.92 Å². The highest BCUT2D eigenvalue weighted by Crippen LogP contribution is 2.27. The van der Waals surface area contributed by atoms with Crippen LogP contribution in [-0.2, 0) is 16.6 Å². The second-order valence-electron chi connectivity index (χ2n) is 5.88. The van der Waals surface area contributed by atoms with Crippen LogP contribution < -0.4 is 5.32 Å². The van der Waals surface area contributed by atoms with E-state index in [1.807, 2.05) is 19.9 Å². The van der Waals surface area contributed by atoms with Gasteiger partial charge >= 0.3 is 0 Å². The first-order chi connectivity index (χ1) is 9.95. The summed E-state index contributed by atoms with van der Waals surface area (Å²) in [7, 11) is -3.47. The van der Waals surface area contributed by atoms with E-state index in [0.717, 1.165) is 24.9 Å². The van der Waals surface area contributed by atoms with Crippen LogP contribution in [0, 0.1) is 5.92 Å². The van der Waals surface area contributed by atoms with E-state index < -0.39 is 10.0 Å². The van der Waals surface area contributed by atoms with Crippen LogP contribution in [0.5, 0.6) is 0 Å². The summed E-state index contributed by atoms with van der Waals surface area (Å²) >= 11 is 0. The highest BCUT2D eigenvalue weighted by molar-refractivity contribution is 7.89. The molecule has 2 heterocycles. The zero-order valence-electron chi connectivity index (χ0n) is 13.0. The van der Waals surface area contributed by atoms with Gasteiger partial charge < -0.3 is 5.32 Å². The van der Waals surface area contributed by atoms with Crippen molar-refractivity contribution in [3.05, 3.63) is 23.9 Å². The van der Waals surface area contributed by atoms with Gasteiger partial charge in [0, 0.05) is 25.3 Å². The summed E-state index contributed by atoms with van der Waals surface area (Å²) in [6.07, 6.45) is 3.48. The topological polar surface area (TPSA) is 62.3 Å². The van der Waals surface area contributed by atoms with Gasteiger partial charge in [0.15, 0.2) is 5.03 Å². The standard InChI is InChI=1S/C15H25N3O2S/c1-4-16-10-14-5-6-15(17-11-14)21(19,20)18-8-7-12(2)9-13(18)3/h5-6,11-13,16H,4,7-10H2,1-3H3. The van der Waals surface area contributed by atoms with Crippen molar-refractivity contribution in [1.82, 2.24) is 14.6 Å². The van der Waals surface area contributed by atoms with Crippen LogP contribution in [0.25, 0.3) is 0 Å². The number of rotatable bonds is 5. The fourth-order valence-corrected chi connectivity index (χ4v) is 4.37. The molecule has 0 amide bonds. The smallest absolute Gasteiger partial charge is 0.260 e. The van der Waals surface area contributed by atoms with E-state index in [-0.39, 0.29) is 11.1 Å². The maximum atomic E-state index is 12.7. The molecule has 1 N–H and O–H groups in total. The summed E-state index contributed by atoms with van der Waals surface area (Å²) in [6.45, 7) is 8.36. The zero-order valence-corrected chi connectivity index (χ0v) is 13.9. The Kier molecular flexibility index (Phi) is 5.35. The molecule has 6 heteroatoms. The van der Waals surface area contributed by atoms with Gasteiger partial charge in [-0.05, 0) is 43.9 Å². The minimum atomic E-state index is -3.47. The second kappa shape index (κ2) is 6.85. The molecule has 1 fully saturated rings. The highest BCUT2D eigenvalue weighted by Gasteiger charge is 2.33. The monoisotopic (exact) mass is 311 g/mol. The van der Waals surface area contributed by atoms with Crippen molar-refractivity contribution in [3.63, 3.8) is 0 Å². The lowest BCUT2D eigenvalue weighted by atomic mass is 9.95. The summed E-state index contributed by atoms with van der Waals surface area (Å²) < 4.78 is 27.0. The number of hydrogen-bond acceptors (Lipinski definition) is 4. The quantitative estimate of drug-likeness (QED) is 0.903. The first kappa shape index (κ1) is 16.4. The Hall–Kier alpha value is -0.980. The largest absolute Gasteiger partial charge is 0.313 e. The number of nitrogens with one attached hydrogen (secondary N) is 1. The van der Waals surface area contributed by atoms with Gasteiger partial charge in [0.2, 0.25) is 0 Å². The van der Waals surface area contributed by atoms with Crippen LogP contribution in [-0.4, -0.2) is 36.8 Å². The molecule has 118 valence electrons. The third-order valence-electron chi connectivity index (χ3n) is 4.03. The van der Waals surface area contributed by atoms with Crippen LogP contribution >= 0.6 is 0 Å². The highest BCUT2D eigenvalue weighted by atomic mass is 32.2. The maximum absolute atomic E-state index is 12.7. The first-order valence-corrected chi connectivity index (χ1v) is 9.06. The molecule has 1 aromatic heterocycles. The van der Waals surface area contributed by atoms with Crippen LogP contribution in [0.15, 0.2) is 23.4 Å². The SMILES string of the molecule is CCNCc1ccc(S(=O)(=O)N2CCC(C)CC2C)nc1. The number of hydrogen-bond donors (Lipinski definition) is 1. The van der Waals surface area contributed by atoms with Gasteiger partial charge in [0.1, 0.15) is 0 Å². The average Bonchev–Trinajstić information content (AvgIpc) is 2.45. The molecule has 0 aliphatic carbocycles. The number of nitrogens with zero attached hydrogens (tertiary/aromatic N) is 2. The number of sulfonamides is 1. The maximum Gasteiger partial charge on any atom is 0.260 e. The van der Waals surface area contributed by atoms with Crippen molar-refractivity contribution in [2.45, 2.75) is 51.2 Å². The third kappa shape index (κ3) is 3.81. The Morgan fingerprint density at radius 2 is 2.14 bits per heavy atom. The molecule has 1 aromatic rings. The van der Waals surface area contributed by atoms with Gasteiger partial charge in [-0.25, -0.2) is 13.4 Å². The lowest BCUT2D eigenvalue weighted by molar-refractivity contribution is 0.219. The normalized spacial score (nSPS) is 24.1. The van der Waals surface area contributed by atoms with E-state index in [9.17, 15) is 8.42 Å². The Labute approximate surface area is 127 Å². The van der Waals surface area contributed by atoms with Gasteiger partial charge in [0.05, 0.1) is 0 Å². The van der Waals surface area contributed by atoms with E-state index >= 15 is 0 Å². The number of pyridine rings is 1. The van der Waals surface area contributed by atoms with Gasteiger partial charge in [0.25, 0.3) is 10.0 Å². The van der Waals surface area contributed by atoms with Gasteiger partial charge in [-0.1, -0.05) is 19.9 Å². The summed E-state index contributed by atoms with van der Waals surface area (Å²) in [5.74, 6) is 0.585. The van der Waals surface area contributed by atoms with E-state index in [0.29, 0.717) is 19.0 Å². The minimum absolute atomic E-state index is 0.0435. The van der Waals surface area contributed by atoms with Crippen LogP contribution in [0.1, 0.15) is 39.2 Å². The molecule has 0 spiro atoms. The molecule has 1 aliphatic rings. The molecule has 0 saturated carbocycles. The molecule has 0 bridgehead atoms. The van der Waals surface area contributed by atoms with Crippen molar-refractivity contribution < 1.29 is 8.42 Å². The van der Waals surface area contributed by atoms with Crippen LogP contribution in [0.2, 0.25) is 0 Å². The third-order valence-corrected chi connectivity index (χ3v) is 5.96. The van der Waals surface area contributed by atoms with Crippen molar-refractivity contribution >= 4 is 10.0 Å². The summed E-state index contributed by atoms with van der Waals surface area (Å²) in [5.41, 5.74) is 0.996. The Morgan fingerprint density at radius 3 is 2.71 bits per heavy atom. The molecule has 5 nitrogen and oxygen atoms in total. The van der Waals surface area contributed by atoms with Crippen LogP contribution in [0.3, 0.4) is 0 Å². The molecule has 0 radical (unpaired) electrons. The lowest BCUT2D eigenvalue weighted by Crippen LogP contribution is -2.44. The van der Waals surface area contributed by atoms with Crippen molar-refractivity contribution in [3.8, 4) is 0 Å². The summed E-state index contributed by atoms with van der Waals surface area (Å²) in [4.78, 5) is 4.16. The lowest BCUT2D eigenvalue weighted by Gasteiger charge is -2.35. The average molecular weight is 311 g/mol. The molecule has 2 atom stereocenters. The van der Waals surface area contributed by atoms with Gasteiger partial charge in [-0.3, -0.25) is 0 Å². The van der Waals surface area contributed by atoms with Gasteiger partial charge in [-0.15, -0.1) is 0 Å². The molecule has 2 unspecified atom stereocenters. The zero-order chi connectivity index (χ0) is 15.5. The Bertz CT molecular complexity index is 557. The summed E-state index contributed by atoms with van der Waals surface area (Å²) in [5, 5.41) is 3.35. The predicted octanol–water partition coefficient (Wildman–Crippen LogP) is 2.00. The first-order valence-electron chi connectivity index (χ1n) is 7.62.